The van der Waals surface area contributed by atoms with E-state index in [1.165, 1.54) is 43.2 Å². The lowest BCUT2D eigenvalue weighted by atomic mass is 9.79. The molecule has 29 heavy (non-hydrogen) atoms. The van der Waals surface area contributed by atoms with Crippen molar-refractivity contribution in [2.24, 2.45) is 11.1 Å². The van der Waals surface area contributed by atoms with Crippen LogP contribution in [0, 0.1) is 5.41 Å². The van der Waals surface area contributed by atoms with E-state index >= 15 is 0 Å². The van der Waals surface area contributed by atoms with Crippen LogP contribution >= 0.6 is 0 Å². The second kappa shape index (κ2) is 6.74. The van der Waals surface area contributed by atoms with Gasteiger partial charge in [-0.15, -0.1) is 0 Å². The zero-order valence-corrected chi connectivity index (χ0v) is 17.3. The van der Waals surface area contributed by atoms with Gasteiger partial charge in [0.25, 0.3) is 0 Å². The maximum absolute atomic E-state index is 7.07. The summed E-state index contributed by atoms with van der Waals surface area (Å²) in [6, 6.07) is 9.35. The average molecular weight is 398 g/mol. The number of nitrogens with two attached hydrogens (primary N) is 1. The van der Waals surface area contributed by atoms with E-state index in [1.54, 1.807) is 0 Å². The Kier molecular flexibility index (Phi) is 4.35. The third kappa shape index (κ3) is 3.44. The molecule has 2 spiro atoms. The first-order chi connectivity index (χ1) is 14.1. The highest BCUT2D eigenvalue weighted by molar-refractivity contribution is 5.36. The maximum atomic E-state index is 7.07. The van der Waals surface area contributed by atoms with Gasteiger partial charge in [0.1, 0.15) is 6.29 Å². The number of ether oxygens (including phenoxy) is 1. The summed E-state index contributed by atoms with van der Waals surface area (Å²) >= 11 is 0. The molecule has 0 amide bonds. The summed E-state index contributed by atoms with van der Waals surface area (Å²) < 4.78 is 6.06. The van der Waals surface area contributed by atoms with Crippen molar-refractivity contribution >= 4 is 0 Å². The normalized spacial score (nSPS) is 40.1. The summed E-state index contributed by atoms with van der Waals surface area (Å²) in [7, 11) is 0. The fraction of sp³-hybridized carbons (Fsp3) is 0.739. The second-order valence-corrected chi connectivity index (χ2v) is 10.4. The number of nitrogens with one attached hydrogen (secondary N) is 4. The SMILES string of the molecule is NC12CCOCCCC3(CC3)C3NC(NC1)NC(N3)c1ccc(cc1)C1(CC1)C2. The van der Waals surface area contributed by atoms with Gasteiger partial charge in [0.2, 0.25) is 0 Å². The van der Waals surface area contributed by atoms with Crippen LogP contribution < -0.4 is 27.0 Å². The molecule has 6 nitrogen and oxygen atoms in total. The lowest BCUT2D eigenvalue weighted by Crippen LogP contribution is -2.71. The Morgan fingerprint density at radius 2 is 1.72 bits per heavy atom. The summed E-state index contributed by atoms with van der Waals surface area (Å²) in [5.74, 6) is 0. The van der Waals surface area contributed by atoms with Crippen LogP contribution in [0.25, 0.3) is 0 Å². The monoisotopic (exact) mass is 397 g/mol. The Hall–Kier alpha value is -1.02. The Balaban J connectivity index is 1.40. The first-order valence-corrected chi connectivity index (χ1v) is 11.6. The van der Waals surface area contributed by atoms with Crippen molar-refractivity contribution in [3.05, 3.63) is 35.4 Å². The molecular formula is C23H35N5O. The highest BCUT2D eigenvalue weighted by atomic mass is 16.5. The molecule has 4 atom stereocenters. The molecule has 6 heteroatoms. The largest absolute Gasteiger partial charge is 0.381 e. The highest BCUT2D eigenvalue weighted by Gasteiger charge is 2.52. The van der Waals surface area contributed by atoms with Crippen LogP contribution in [0.1, 0.15) is 68.7 Å². The van der Waals surface area contributed by atoms with Crippen molar-refractivity contribution in [1.82, 2.24) is 21.3 Å². The minimum Gasteiger partial charge on any atom is -0.381 e. The van der Waals surface area contributed by atoms with Gasteiger partial charge >= 0.3 is 0 Å². The number of fused-ring (bicyclic) bond motifs is 4. The predicted molar refractivity (Wildman–Crippen MR) is 113 cm³/mol. The molecule has 1 aromatic rings. The molecule has 7 rings (SSSR count). The Morgan fingerprint density at radius 1 is 0.897 bits per heavy atom. The first-order valence-electron chi connectivity index (χ1n) is 11.6. The van der Waals surface area contributed by atoms with Crippen LogP contribution in [0.5, 0.6) is 0 Å². The number of hydrogen-bond acceptors (Lipinski definition) is 6. The average Bonchev–Trinajstić information content (AvgIpc) is 3.65. The van der Waals surface area contributed by atoms with E-state index < -0.39 is 0 Å². The lowest BCUT2D eigenvalue weighted by molar-refractivity contribution is 0.100. The maximum Gasteiger partial charge on any atom is 0.114 e. The van der Waals surface area contributed by atoms with Crippen LogP contribution in [-0.2, 0) is 10.2 Å². The number of hydrogen-bond donors (Lipinski definition) is 5. The van der Waals surface area contributed by atoms with E-state index in [0.717, 1.165) is 39.0 Å². The summed E-state index contributed by atoms with van der Waals surface area (Å²) in [5, 5.41) is 15.2. The zero-order valence-electron chi connectivity index (χ0n) is 17.3. The van der Waals surface area contributed by atoms with Crippen LogP contribution in [0.4, 0.5) is 0 Å². The Bertz CT molecular complexity index is 759. The lowest BCUT2D eigenvalue weighted by Gasteiger charge is -2.44. The van der Waals surface area contributed by atoms with Gasteiger partial charge in [-0.25, -0.2) is 0 Å². The van der Waals surface area contributed by atoms with E-state index in [9.17, 15) is 0 Å². The minimum atomic E-state index is -0.265. The fourth-order valence-corrected chi connectivity index (χ4v) is 6.02. The van der Waals surface area contributed by atoms with Crippen molar-refractivity contribution in [3.8, 4) is 0 Å². The number of rotatable bonds is 0. The van der Waals surface area contributed by atoms with Gasteiger partial charge in [-0.1, -0.05) is 24.3 Å². The fourth-order valence-electron chi connectivity index (χ4n) is 6.02. The quantitative estimate of drug-likeness (QED) is 0.459. The highest BCUT2D eigenvalue weighted by Crippen LogP contribution is 2.54. The molecular weight excluding hydrogens is 362 g/mol. The summed E-state index contributed by atoms with van der Waals surface area (Å²) in [5.41, 5.74) is 10.2. The third-order valence-corrected chi connectivity index (χ3v) is 8.27. The molecule has 2 saturated heterocycles. The van der Waals surface area contributed by atoms with Crippen molar-refractivity contribution < 1.29 is 4.74 Å². The van der Waals surface area contributed by atoms with E-state index in [0.29, 0.717) is 11.6 Å². The van der Waals surface area contributed by atoms with Crippen molar-refractivity contribution in [3.63, 3.8) is 0 Å². The summed E-state index contributed by atoms with van der Waals surface area (Å²) in [6.07, 6.45) is 9.86. The third-order valence-electron chi connectivity index (χ3n) is 8.27. The summed E-state index contributed by atoms with van der Waals surface area (Å²) in [6.45, 7) is 2.41. The summed E-state index contributed by atoms with van der Waals surface area (Å²) in [4.78, 5) is 0. The van der Waals surface area contributed by atoms with Crippen LogP contribution in [0.15, 0.2) is 24.3 Å². The standard InChI is InChI=1S/C23H35N5O/c24-23-11-13-29-12-1-6-21(7-8-21)19-26-18(27-20(28-19)25-15-23)16-2-4-17(5-3-16)22(14-23)9-10-22/h2-5,18-20,25-28H,1,6-15,24H2. The molecule has 2 aliphatic carbocycles. The van der Waals surface area contributed by atoms with E-state index in [-0.39, 0.29) is 23.4 Å². The van der Waals surface area contributed by atoms with Gasteiger partial charge in [-0.05, 0) is 73.3 Å². The Morgan fingerprint density at radius 3 is 2.48 bits per heavy atom. The molecule has 6 bridgehead atoms. The first kappa shape index (κ1) is 18.7. The van der Waals surface area contributed by atoms with Crippen molar-refractivity contribution in [2.75, 3.05) is 19.8 Å². The van der Waals surface area contributed by atoms with Gasteiger partial charge < -0.3 is 10.5 Å². The molecule has 0 aromatic heterocycles. The molecule has 2 saturated carbocycles. The topological polar surface area (TPSA) is 83.4 Å². The van der Waals surface area contributed by atoms with E-state index in [1.807, 2.05) is 0 Å². The Labute approximate surface area is 173 Å². The number of benzene rings is 1. The molecule has 158 valence electrons. The van der Waals surface area contributed by atoms with Crippen LogP contribution in [-0.4, -0.2) is 37.8 Å². The smallest absolute Gasteiger partial charge is 0.114 e. The molecule has 6 aliphatic rings. The molecule has 4 aliphatic heterocycles. The molecule has 4 fully saturated rings. The second-order valence-electron chi connectivity index (χ2n) is 10.4. The van der Waals surface area contributed by atoms with Gasteiger partial charge in [0, 0.05) is 25.3 Å². The van der Waals surface area contributed by atoms with Crippen molar-refractivity contribution in [1.29, 1.82) is 0 Å². The molecule has 4 unspecified atom stereocenters. The van der Waals surface area contributed by atoms with Crippen LogP contribution in [0.2, 0.25) is 0 Å². The zero-order chi connectivity index (χ0) is 19.5. The van der Waals surface area contributed by atoms with E-state index in [2.05, 4.69) is 45.5 Å². The predicted octanol–water partition coefficient (Wildman–Crippen LogP) is 1.78. The molecule has 6 N–H and O–H groups in total. The van der Waals surface area contributed by atoms with Gasteiger partial charge in [-0.2, -0.15) is 0 Å². The van der Waals surface area contributed by atoms with Gasteiger partial charge in [0.05, 0.1) is 12.3 Å². The molecule has 1 aromatic carbocycles. The minimum absolute atomic E-state index is 0.0579. The van der Waals surface area contributed by atoms with Gasteiger partial charge in [0.15, 0.2) is 0 Å². The molecule has 4 heterocycles. The molecule has 0 radical (unpaired) electrons. The van der Waals surface area contributed by atoms with E-state index in [4.69, 9.17) is 10.5 Å². The van der Waals surface area contributed by atoms with Crippen molar-refractivity contribution in [2.45, 2.75) is 80.9 Å². The van der Waals surface area contributed by atoms with Gasteiger partial charge in [-0.3, -0.25) is 21.3 Å². The van der Waals surface area contributed by atoms with Crippen LogP contribution in [0.3, 0.4) is 0 Å².